The van der Waals surface area contributed by atoms with Crippen molar-refractivity contribution in [2.75, 3.05) is 6.61 Å². The fourth-order valence-electron chi connectivity index (χ4n) is 1.91. The SMILES string of the molecule is CCCOc1cncc(C(O)Cc2ccccc2Cl)c1. The first-order valence-electron chi connectivity index (χ1n) is 6.70. The molecule has 1 aromatic carbocycles. The second-order valence-corrected chi connectivity index (χ2v) is 5.02. The van der Waals surface area contributed by atoms with E-state index in [1.165, 1.54) is 0 Å². The predicted molar refractivity (Wildman–Crippen MR) is 80.1 cm³/mol. The molecule has 0 spiro atoms. The number of rotatable bonds is 6. The highest BCUT2D eigenvalue weighted by molar-refractivity contribution is 6.31. The van der Waals surface area contributed by atoms with Crippen molar-refractivity contribution in [1.82, 2.24) is 4.98 Å². The lowest BCUT2D eigenvalue weighted by Gasteiger charge is -2.13. The number of pyridine rings is 1. The van der Waals surface area contributed by atoms with Gasteiger partial charge in [-0.2, -0.15) is 0 Å². The van der Waals surface area contributed by atoms with Crippen LogP contribution in [-0.4, -0.2) is 16.7 Å². The van der Waals surface area contributed by atoms with Gasteiger partial charge in [-0.15, -0.1) is 0 Å². The lowest BCUT2D eigenvalue weighted by molar-refractivity contribution is 0.177. The van der Waals surface area contributed by atoms with Crippen molar-refractivity contribution in [2.45, 2.75) is 25.9 Å². The fraction of sp³-hybridized carbons (Fsp3) is 0.312. The summed E-state index contributed by atoms with van der Waals surface area (Å²) >= 11 is 6.10. The van der Waals surface area contributed by atoms with E-state index >= 15 is 0 Å². The van der Waals surface area contributed by atoms with Crippen LogP contribution in [0.15, 0.2) is 42.7 Å². The maximum Gasteiger partial charge on any atom is 0.137 e. The van der Waals surface area contributed by atoms with Gasteiger partial charge in [0.1, 0.15) is 5.75 Å². The molecule has 1 N–H and O–H groups in total. The minimum Gasteiger partial charge on any atom is -0.492 e. The Hall–Kier alpha value is -1.58. The summed E-state index contributed by atoms with van der Waals surface area (Å²) in [5, 5.41) is 11.0. The predicted octanol–water partition coefficient (Wildman–Crippen LogP) is 3.80. The molecule has 1 aromatic heterocycles. The molecule has 3 nitrogen and oxygen atoms in total. The summed E-state index contributed by atoms with van der Waals surface area (Å²) in [6, 6.07) is 9.34. The summed E-state index contributed by atoms with van der Waals surface area (Å²) in [4.78, 5) is 4.10. The van der Waals surface area contributed by atoms with Gasteiger partial charge in [0.15, 0.2) is 0 Å². The molecule has 0 saturated heterocycles. The van der Waals surface area contributed by atoms with Crippen LogP contribution < -0.4 is 4.74 Å². The van der Waals surface area contributed by atoms with E-state index in [9.17, 15) is 5.11 Å². The molecule has 4 heteroatoms. The van der Waals surface area contributed by atoms with Gasteiger partial charge in [0.25, 0.3) is 0 Å². The van der Waals surface area contributed by atoms with E-state index < -0.39 is 6.10 Å². The molecule has 0 radical (unpaired) electrons. The normalized spacial score (nSPS) is 12.2. The fourth-order valence-corrected chi connectivity index (χ4v) is 2.12. The number of nitrogens with zero attached hydrogens (tertiary/aromatic N) is 1. The van der Waals surface area contributed by atoms with E-state index in [2.05, 4.69) is 4.98 Å². The van der Waals surface area contributed by atoms with Gasteiger partial charge in [0.05, 0.1) is 18.9 Å². The summed E-state index contributed by atoms with van der Waals surface area (Å²) in [5.41, 5.74) is 1.65. The number of halogens is 1. The van der Waals surface area contributed by atoms with Crippen LogP contribution in [0.25, 0.3) is 0 Å². The van der Waals surface area contributed by atoms with Crippen LogP contribution in [0.4, 0.5) is 0 Å². The quantitative estimate of drug-likeness (QED) is 0.880. The Morgan fingerprint density at radius 2 is 2.10 bits per heavy atom. The van der Waals surface area contributed by atoms with E-state index in [4.69, 9.17) is 16.3 Å². The molecule has 2 aromatic rings. The van der Waals surface area contributed by atoms with Gasteiger partial charge in [-0.05, 0) is 24.1 Å². The lowest BCUT2D eigenvalue weighted by atomic mass is 10.0. The van der Waals surface area contributed by atoms with Crippen LogP contribution in [0.3, 0.4) is 0 Å². The highest BCUT2D eigenvalue weighted by Gasteiger charge is 2.12. The molecule has 0 saturated carbocycles. The molecular formula is C16H18ClNO2. The molecule has 0 aliphatic carbocycles. The third-order valence-electron chi connectivity index (χ3n) is 2.96. The molecule has 0 bridgehead atoms. The van der Waals surface area contributed by atoms with Crippen LogP contribution in [0.1, 0.15) is 30.6 Å². The van der Waals surface area contributed by atoms with Crippen molar-refractivity contribution >= 4 is 11.6 Å². The molecule has 0 aliphatic heterocycles. The first kappa shape index (κ1) is 14.8. The number of ether oxygens (including phenoxy) is 1. The molecule has 0 fully saturated rings. The number of benzene rings is 1. The molecule has 20 heavy (non-hydrogen) atoms. The van der Waals surface area contributed by atoms with Gasteiger partial charge in [0, 0.05) is 23.2 Å². The van der Waals surface area contributed by atoms with E-state index in [1.54, 1.807) is 12.4 Å². The van der Waals surface area contributed by atoms with Crippen molar-refractivity contribution in [2.24, 2.45) is 0 Å². The molecule has 2 rings (SSSR count). The van der Waals surface area contributed by atoms with Crippen molar-refractivity contribution in [3.8, 4) is 5.75 Å². The van der Waals surface area contributed by atoms with Gasteiger partial charge in [-0.25, -0.2) is 0 Å². The smallest absolute Gasteiger partial charge is 0.137 e. The summed E-state index contributed by atoms with van der Waals surface area (Å²) in [6.45, 7) is 2.69. The van der Waals surface area contributed by atoms with Gasteiger partial charge < -0.3 is 9.84 Å². The number of aliphatic hydroxyl groups is 1. The maximum absolute atomic E-state index is 10.3. The Morgan fingerprint density at radius 1 is 1.30 bits per heavy atom. The zero-order chi connectivity index (χ0) is 14.4. The first-order valence-corrected chi connectivity index (χ1v) is 7.07. The van der Waals surface area contributed by atoms with E-state index in [0.29, 0.717) is 23.8 Å². The standard InChI is InChI=1S/C16H18ClNO2/c1-2-7-20-14-8-13(10-18-11-14)16(19)9-12-5-3-4-6-15(12)17/h3-6,8,10-11,16,19H,2,7,9H2,1H3. The average Bonchev–Trinajstić information content (AvgIpc) is 2.48. The zero-order valence-corrected chi connectivity index (χ0v) is 12.2. The Morgan fingerprint density at radius 3 is 2.85 bits per heavy atom. The number of aromatic nitrogens is 1. The average molecular weight is 292 g/mol. The molecule has 0 amide bonds. The number of aliphatic hydroxyl groups excluding tert-OH is 1. The lowest BCUT2D eigenvalue weighted by Crippen LogP contribution is -2.04. The second kappa shape index (κ2) is 7.27. The van der Waals surface area contributed by atoms with Crippen molar-refractivity contribution in [3.63, 3.8) is 0 Å². The third-order valence-corrected chi connectivity index (χ3v) is 3.33. The Balaban J connectivity index is 2.09. The van der Waals surface area contributed by atoms with Gasteiger partial charge in [-0.1, -0.05) is 36.7 Å². The monoisotopic (exact) mass is 291 g/mol. The summed E-state index contributed by atoms with van der Waals surface area (Å²) in [6.07, 6.45) is 4.06. The highest BCUT2D eigenvalue weighted by Crippen LogP contribution is 2.24. The summed E-state index contributed by atoms with van der Waals surface area (Å²) in [5.74, 6) is 0.683. The molecular weight excluding hydrogens is 274 g/mol. The summed E-state index contributed by atoms with van der Waals surface area (Å²) < 4.78 is 5.52. The van der Waals surface area contributed by atoms with Crippen LogP contribution in [0, 0.1) is 0 Å². The van der Waals surface area contributed by atoms with Crippen molar-refractivity contribution in [3.05, 3.63) is 58.9 Å². The highest BCUT2D eigenvalue weighted by atomic mass is 35.5. The number of hydrogen-bond donors (Lipinski definition) is 1. The Bertz CT molecular complexity index is 560. The first-order chi connectivity index (χ1) is 9.70. The topological polar surface area (TPSA) is 42.4 Å². The molecule has 1 unspecified atom stereocenters. The van der Waals surface area contributed by atoms with Crippen LogP contribution >= 0.6 is 11.6 Å². The Labute approximate surface area is 124 Å². The van der Waals surface area contributed by atoms with Gasteiger partial charge in [0.2, 0.25) is 0 Å². The molecule has 0 aliphatic rings. The molecule has 106 valence electrons. The second-order valence-electron chi connectivity index (χ2n) is 4.61. The van der Waals surface area contributed by atoms with Crippen molar-refractivity contribution in [1.29, 1.82) is 0 Å². The summed E-state index contributed by atoms with van der Waals surface area (Å²) in [7, 11) is 0. The van der Waals surface area contributed by atoms with Crippen LogP contribution in [-0.2, 0) is 6.42 Å². The van der Waals surface area contributed by atoms with Crippen molar-refractivity contribution < 1.29 is 9.84 Å². The zero-order valence-electron chi connectivity index (χ0n) is 11.4. The maximum atomic E-state index is 10.3. The van der Waals surface area contributed by atoms with Gasteiger partial charge in [-0.3, -0.25) is 4.98 Å². The number of hydrogen-bond acceptors (Lipinski definition) is 3. The Kier molecular flexibility index (Phi) is 5.39. The van der Waals surface area contributed by atoms with E-state index in [1.807, 2.05) is 37.3 Å². The van der Waals surface area contributed by atoms with E-state index in [-0.39, 0.29) is 0 Å². The minimum absolute atomic E-state index is 0.457. The third kappa shape index (κ3) is 3.95. The molecule has 1 heterocycles. The molecule has 1 atom stereocenters. The van der Waals surface area contributed by atoms with E-state index in [0.717, 1.165) is 17.5 Å². The van der Waals surface area contributed by atoms with Crippen LogP contribution in [0.5, 0.6) is 5.75 Å². The van der Waals surface area contributed by atoms with Gasteiger partial charge >= 0.3 is 0 Å². The minimum atomic E-state index is -0.646. The largest absolute Gasteiger partial charge is 0.492 e. The van der Waals surface area contributed by atoms with Crippen LogP contribution in [0.2, 0.25) is 5.02 Å².